The van der Waals surface area contributed by atoms with Gasteiger partial charge in [0.2, 0.25) is 5.91 Å². The smallest absolute Gasteiger partial charge is 0.247 e. The van der Waals surface area contributed by atoms with E-state index < -0.39 is 0 Å². The number of rotatable bonds is 4. The lowest BCUT2D eigenvalue weighted by Crippen LogP contribution is -2.30. The van der Waals surface area contributed by atoms with Crippen LogP contribution in [0.5, 0.6) is 0 Å². The maximum atomic E-state index is 12.8. The molecule has 2 aromatic heterocycles. The second-order valence-corrected chi connectivity index (χ2v) is 6.67. The van der Waals surface area contributed by atoms with E-state index >= 15 is 0 Å². The van der Waals surface area contributed by atoms with Gasteiger partial charge < -0.3 is 9.47 Å². The molecule has 26 heavy (non-hydrogen) atoms. The number of imidazole rings is 1. The van der Waals surface area contributed by atoms with Crippen molar-refractivity contribution in [1.29, 1.82) is 0 Å². The zero-order chi connectivity index (χ0) is 18.1. The SMILES string of the molecule is CCn1c(C2CCCN2C(=O)C=Cc2cnn(C)c2)nc2ccccc21. The number of nitrogens with zero attached hydrogens (tertiary/aromatic N) is 5. The highest BCUT2D eigenvalue weighted by atomic mass is 16.2. The molecule has 0 bridgehead atoms. The van der Waals surface area contributed by atoms with Gasteiger partial charge in [0.15, 0.2) is 0 Å². The Hall–Kier alpha value is -2.89. The van der Waals surface area contributed by atoms with Gasteiger partial charge in [-0.2, -0.15) is 5.10 Å². The highest BCUT2D eigenvalue weighted by Crippen LogP contribution is 2.33. The fraction of sp³-hybridized carbons (Fsp3) is 0.350. The van der Waals surface area contributed by atoms with Crippen LogP contribution >= 0.6 is 0 Å². The molecule has 1 aliphatic rings. The van der Waals surface area contributed by atoms with Crippen molar-refractivity contribution in [2.45, 2.75) is 32.4 Å². The Morgan fingerprint density at radius 3 is 2.96 bits per heavy atom. The number of amides is 1. The van der Waals surface area contributed by atoms with Gasteiger partial charge in [0.1, 0.15) is 5.82 Å². The summed E-state index contributed by atoms with van der Waals surface area (Å²) >= 11 is 0. The molecule has 1 atom stereocenters. The first kappa shape index (κ1) is 16.6. The minimum absolute atomic E-state index is 0.0334. The van der Waals surface area contributed by atoms with Crippen LogP contribution in [-0.4, -0.2) is 36.7 Å². The Kier molecular flexibility index (Phi) is 4.32. The summed E-state index contributed by atoms with van der Waals surface area (Å²) in [5.41, 5.74) is 3.06. The van der Waals surface area contributed by atoms with E-state index in [0.717, 1.165) is 48.4 Å². The van der Waals surface area contributed by atoms with Crippen LogP contribution in [0, 0.1) is 0 Å². The molecular weight excluding hydrogens is 326 g/mol. The molecule has 1 amide bonds. The topological polar surface area (TPSA) is 56.0 Å². The molecule has 1 fully saturated rings. The van der Waals surface area contributed by atoms with Crippen molar-refractivity contribution in [3.05, 3.63) is 54.1 Å². The van der Waals surface area contributed by atoms with Crippen molar-refractivity contribution < 1.29 is 4.79 Å². The quantitative estimate of drug-likeness (QED) is 0.680. The van der Waals surface area contributed by atoms with Crippen LogP contribution < -0.4 is 0 Å². The third-order valence-corrected chi connectivity index (χ3v) is 4.98. The van der Waals surface area contributed by atoms with Gasteiger partial charge in [0, 0.05) is 38.0 Å². The number of carbonyl (C=O) groups excluding carboxylic acids is 1. The molecule has 0 spiro atoms. The first-order chi connectivity index (χ1) is 12.7. The van der Waals surface area contributed by atoms with E-state index in [1.165, 1.54) is 0 Å². The third-order valence-electron chi connectivity index (χ3n) is 4.98. The number of aryl methyl sites for hydroxylation is 2. The normalized spacial score (nSPS) is 17.6. The molecule has 3 heterocycles. The maximum absolute atomic E-state index is 12.8. The highest BCUT2D eigenvalue weighted by Gasteiger charge is 2.32. The van der Waals surface area contributed by atoms with Gasteiger partial charge in [-0.25, -0.2) is 4.98 Å². The summed E-state index contributed by atoms with van der Waals surface area (Å²) in [4.78, 5) is 19.6. The molecule has 3 aromatic rings. The third kappa shape index (κ3) is 2.92. The largest absolute Gasteiger partial charge is 0.329 e. The molecule has 1 aromatic carbocycles. The predicted octanol–water partition coefficient (Wildman–Crippen LogP) is 3.17. The minimum Gasteiger partial charge on any atom is -0.329 e. The van der Waals surface area contributed by atoms with Gasteiger partial charge in [0.25, 0.3) is 0 Å². The van der Waals surface area contributed by atoms with Gasteiger partial charge >= 0.3 is 0 Å². The molecule has 0 N–H and O–H groups in total. The summed E-state index contributed by atoms with van der Waals surface area (Å²) in [6.45, 7) is 3.74. The van der Waals surface area contributed by atoms with Crippen molar-refractivity contribution in [3.8, 4) is 0 Å². The van der Waals surface area contributed by atoms with E-state index in [1.807, 2.05) is 42.4 Å². The fourth-order valence-electron chi connectivity index (χ4n) is 3.77. The van der Waals surface area contributed by atoms with Crippen molar-refractivity contribution in [1.82, 2.24) is 24.2 Å². The molecule has 6 heteroatoms. The second kappa shape index (κ2) is 6.78. The lowest BCUT2D eigenvalue weighted by molar-refractivity contribution is -0.127. The van der Waals surface area contributed by atoms with Crippen LogP contribution in [-0.2, 0) is 18.4 Å². The summed E-state index contributed by atoms with van der Waals surface area (Å²) in [7, 11) is 1.87. The highest BCUT2D eigenvalue weighted by molar-refractivity contribution is 5.92. The Labute approximate surface area is 152 Å². The van der Waals surface area contributed by atoms with Crippen molar-refractivity contribution in [3.63, 3.8) is 0 Å². The monoisotopic (exact) mass is 349 g/mol. The number of fused-ring (bicyclic) bond motifs is 1. The summed E-state index contributed by atoms with van der Waals surface area (Å²) in [6.07, 6.45) is 9.07. The lowest BCUT2D eigenvalue weighted by Gasteiger charge is -2.23. The second-order valence-electron chi connectivity index (χ2n) is 6.67. The molecule has 1 unspecified atom stereocenters. The predicted molar refractivity (Wildman–Crippen MR) is 101 cm³/mol. The Balaban J connectivity index is 1.62. The van der Waals surface area contributed by atoms with E-state index in [4.69, 9.17) is 4.98 Å². The molecule has 0 saturated carbocycles. The number of aromatic nitrogens is 4. The van der Waals surface area contributed by atoms with Crippen LogP contribution in [0.25, 0.3) is 17.1 Å². The number of hydrogen-bond acceptors (Lipinski definition) is 3. The number of para-hydroxylation sites is 2. The van der Waals surface area contributed by atoms with E-state index in [0.29, 0.717) is 0 Å². The van der Waals surface area contributed by atoms with Crippen molar-refractivity contribution in [2.75, 3.05) is 6.54 Å². The minimum atomic E-state index is 0.0334. The zero-order valence-corrected chi connectivity index (χ0v) is 15.2. The first-order valence-corrected chi connectivity index (χ1v) is 9.10. The Morgan fingerprint density at radius 1 is 1.35 bits per heavy atom. The Morgan fingerprint density at radius 2 is 2.19 bits per heavy atom. The average Bonchev–Trinajstić information content (AvgIpc) is 3.36. The molecule has 4 rings (SSSR count). The van der Waals surface area contributed by atoms with E-state index in [2.05, 4.69) is 22.7 Å². The summed E-state index contributed by atoms with van der Waals surface area (Å²) in [5.74, 6) is 1.03. The van der Waals surface area contributed by atoms with Gasteiger partial charge in [-0.05, 0) is 38.0 Å². The van der Waals surface area contributed by atoms with Gasteiger partial charge in [-0.15, -0.1) is 0 Å². The maximum Gasteiger partial charge on any atom is 0.247 e. The first-order valence-electron chi connectivity index (χ1n) is 9.10. The van der Waals surface area contributed by atoms with E-state index in [1.54, 1.807) is 17.0 Å². The van der Waals surface area contributed by atoms with Gasteiger partial charge in [-0.1, -0.05) is 12.1 Å². The molecule has 0 aliphatic carbocycles. The van der Waals surface area contributed by atoms with Crippen molar-refractivity contribution >= 4 is 23.0 Å². The van der Waals surface area contributed by atoms with Crippen LogP contribution in [0.3, 0.4) is 0 Å². The number of likely N-dealkylation sites (tertiary alicyclic amines) is 1. The molecule has 1 aliphatic heterocycles. The zero-order valence-electron chi connectivity index (χ0n) is 15.2. The summed E-state index contributed by atoms with van der Waals surface area (Å²) in [6, 6.07) is 8.21. The van der Waals surface area contributed by atoms with Gasteiger partial charge in [-0.3, -0.25) is 9.48 Å². The lowest BCUT2D eigenvalue weighted by atomic mass is 10.2. The van der Waals surface area contributed by atoms with E-state index in [-0.39, 0.29) is 11.9 Å². The number of hydrogen-bond donors (Lipinski definition) is 0. The average molecular weight is 349 g/mol. The standard InChI is InChI=1S/C20H23N5O/c1-3-24-17-8-5-4-7-16(17)22-20(24)18-9-6-12-25(18)19(26)11-10-15-13-21-23(2)14-15/h4-5,7-8,10-11,13-14,18H,3,6,9,12H2,1-2H3. The van der Waals surface area contributed by atoms with Crippen LogP contribution in [0.4, 0.5) is 0 Å². The molecule has 134 valence electrons. The van der Waals surface area contributed by atoms with E-state index in [9.17, 15) is 4.79 Å². The molecule has 0 radical (unpaired) electrons. The number of carbonyl (C=O) groups is 1. The van der Waals surface area contributed by atoms with Crippen LogP contribution in [0.15, 0.2) is 42.7 Å². The van der Waals surface area contributed by atoms with Gasteiger partial charge in [0.05, 0.1) is 23.3 Å². The molecular formula is C20H23N5O. The summed E-state index contributed by atoms with van der Waals surface area (Å²) in [5, 5.41) is 4.13. The fourth-order valence-corrected chi connectivity index (χ4v) is 3.77. The summed E-state index contributed by atoms with van der Waals surface area (Å²) < 4.78 is 3.96. The molecule has 1 saturated heterocycles. The van der Waals surface area contributed by atoms with Crippen LogP contribution in [0.2, 0.25) is 0 Å². The van der Waals surface area contributed by atoms with Crippen molar-refractivity contribution in [2.24, 2.45) is 7.05 Å². The van der Waals surface area contributed by atoms with Crippen LogP contribution in [0.1, 0.15) is 37.2 Å². The Bertz CT molecular complexity index is 968. The molecule has 6 nitrogen and oxygen atoms in total. The number of benzene rings is 1.